The third-order valence-electron chi connectivity index (χ3n) is 7.57. The highest BCUT2D eigenvalue weighted by Crippen LogP contribution is 2.37. The summed E-state index contributed by atoms with van der Waals surface area (Å²) in [6, 6.07) is 12.9. The molecule has 1 aliphatic rings. The number of halogens is 2. The molecular weight excluding hydrogens is 627 g/mol. The van der Waals surface area contributed by atoms with Gasteiger partial charge in [-0.15, -0.1) is 10.2 Å². The van der Waals surface area contributed by atoms with Crippen LogP contribution in [0.25, 0.3) is 38.3 Å². The van der Waals surface area contributed by atoms with Crippen LogP contribution in [0.4, 0.5) is 8.78 Å². The second-order valence-electron chi connectivity index (χ2n) is 10.6. The first-order valence-corrected chi connectivity index (χ1v) is 15.9. The van der Waals surface area contributed by atoms with Crippen molar-refractivity contribution in [3.05, 3.63) is 71.8 Å². The van der Waals surface area contributed by atoms with Crippen molar-refractivity contribution < 1.29 is 22.0 Å². The molecule has 1 fully saturated rings. The third kappa shape index (κ3) is 5.17. The minimum atomic E-state index is -4.12. The van der Waals surface area contributed by atoms with Gasteiger partial charge in [-0.05, 0) is 49.1 Å². The quantitative estimate of drug-likeness (QED) is 0.210. The number of nitrogens with zero attached hydrogens (tertiary/aromatic N) is 7. The minimum Gasteiger partial charge on any atom is -0.361 e. The van der Waals surface area contributed by atoms with Gasteiger partial charge in [0.05, 0.1) is 22.5 Å². The summed E-state index contributed by atoms with van der Waals surface area (Å²) in [4.78, 5) is 20.6. The van der Waals surface area contributed by atoms with E-state index in [2.05, 4.69) is 30.0 Å². The van der Waals surface area contributed by atoms with Gasteiger partial charge in [0.1, 0.15) is 23.3 Å². The molecule has 6 aromatic rings. The van der Waals surface area contributed by atoms with Crippen molar-refractivity contribution in [1.29, 1.82) is 5.26 Å². The maximum Gasteiger partial charge on any atom is 0.291 e. The number of H-pyrrole nitrogens is 1. The first-order valence-electron chi connectivity index (χ1n) is 13.6. The molecule has 0 saturated heterocycles. The van der Waals surface area contributed by atoms with Crippen LogP contribution in [0, 0.1) is 11.3 Å². The molecule has 1 aliphatic carbocycles. The van der Waals surface area contributed by atoms with Gasteiger partial charge in [-0.2, -0.15) is 15.1 Å². The fourth-order valence-electron chi connectivity index (χ4n) is 5.06. The average Bonchev–Trinajstić information content (AvgIpc) is 3.51. The Balaban J connectivity index is 1.25. The van der Waals surface area contributed by atoms with Crippen LogP contribution in [0.15, 0.2) is 66.1 Å². The molecule has 2 aromatic carbocycles. The molecular formula is C28H22F2N10O3S2. The topological polar surface area (TPSA) is 190 Å². The smallest absolute Gasteiger partial charge is 0.291 e. The number of carbonyl (C=O) groups is 1. The third-order valence-corrected chi connectivity index (χ3v) is 10.0. The van der Waals surface area contributed by atoms with Gasteiger partial charge in [0.25, 0.3) is 6.43 Å². The van der Waals surface area contributed by atoms with Crippen LogP contribution >= 0.6 is 11.3 Å². The number of imidazole rings is 1. The van der Waals surface area contributed by atoms with Crippen molar-refractivity contribution in [3.8, 4) is 22.6 Å². The molecule has 4 N–H and O–H groups in total. The number of sulfonamides is 1. The summed E-state index contributed by atoms with van der Waals surface area (Å²) in [5, 5.41) is 22.1. The highest BCUT2D eigenvalue weighted by Gasteiger charge is 2.46. The van der Waals surface area contributed by atoms with Crippen LogP contribution in [-0.4, -0.2) is 60.4 Å². The van der Waals surface area contributed by atoms with Gasteiger partial charge in [0, 0.05) is 28.7 Å². The Morgan fingerprint density at radius 1 is 1.20 bits per heavy atom. The molecule has 228 valence electrons. The van der Waals surface area contributed by atoms with Crippen LogP contribution < -0.4 is 10.5 Å². The standard InChI is InChI=1S/C28H22F2N10O3S2/c29-24(30)25-35-36-27(44-25)40-22-10-16(45(42,43)38-28(13-31)7-8-28)5-6-18(22)23(37-40)21-12-39(14-34-21)26(41)19(32)9-15-11-33-20-4-2-1-3-17(15)20/h1-6,10-12,14,19,24,33,38H,7-9,32H2/t19-/m0/s1. The number of aromatic nitrogens is 7. The second-order valence-corrected chi connectivity index (χ2v) is 13.3. The van der Waals surface area contributed by atoms with Crippen LogP contribution in [0.5, 0.6) is 0 Å². The molecule has 13 nitrogen and oxygen atoms in total. The van der Waals surface area contributed by atoms with E-state index in [0.717, 1.165) is 16.5 Å². The van der Waals surface area contributed by atoms with E-state index in [-0.39, 0.29) is 33.4 Å². The summed E-state index contributed by atoms with van der Waals surface area (Å²) in [5.74, 6) is -0.417. The summed E-state index contributed by atoms with van der Waals surface area (Å²) < 4.78 is 57.9. The molecule has 0 spiro atoms. The van der Waals surface area contributed by atoms with Gasteiger partial charge in [-0.1, -0.05) is 29.5 Å². The number of benzene rings is 2. The number of hydrogen-bond acceptors (Lipinski definition) is 10. The van der Waals surface area contributed by atoms with Gasteiger partial charge in [-0.25, -0.2) is 26.9 Å². The summed E-state index contributed by atoms with van der Waals surface area (Å²) >= 11 is 0.592. The maximum atomic E-state index is 13.3. The Labute approximate surface area is 257 Å². The Hall–Kier alpha value is -4.89. The summed E-state index contributed by atoms with van der Waals surface area (Å²) in [6.07, 6.45) is 2.75. The lowest BCUT2D eigenvalue weighted by Gasteiger charge is -2.10. The minimum absolute atomic E-state index is 0.0315. The fourth-order valence-corrected chi connectivity index (χ4v) is 7.12. The zero-order valence-electron chi connectivity index (χ0n) is 23.1. The summed E-state index contributed by atoms with van der Waals surface area (Å²) in [7, 11) is -4.12. The zero-order valence-corrected chi connectivity index (χ0v) is 24.7. The number of rotatable bonds is 9. The highest BCUT2D eigenvalue weighted by atomic mass is 32.2. The first-order chi connectivity index (χ1) is 21.6. The number of fused-ring (bicyclic) bond motifs is 2. The molecule has 7 rings (SSSR count). The fraction of sp³-hybridized carbons (Fsp3) is 0.214. The second kappa shape index (κ2) is 10.6. The average molecular weight is 649 g/mol. The number of aromatic amines is 1. The molecule has 1 atom stereocenters. The van der Waals surface area contributed by atoms with Crippen molar-refractivity contribution in [3.63, 3.8) is 0 Å². The van der Waals surface area contributed by atoms with E-state index in [4.69, 9.17) is 5.73 Å². The van der Waals surface area contributed by atoms with E-state index in [1.807, 2.05) is 36.5 Å². The van der Waals surface area contributed by atoms with Crippen LogP contribution in [-0.2, 0) is 16.4 Å². The van der Waals surface area contributed by atoms with Crippen molar-refractivity contribution in [2.24, 2.45) is 5.73 Å². The monoisotopic (exact) mass is 648 g/mol. The Kier molecular flexibility index (Phi) is 6.81. The normalized spacial score (nSPS) is 15.1. The maximum absolute atomic E-state index is 13.3. The van der Waals surface area contributed by atoms with Crippen molar-refractivity contribution in [2.75, 3.05) is 0 Å². The van der Waals surface area contributed by atoms with Crippen LogP contribution in [0.3, 0.4) is 0 Å². The highest BCUT2D eigenvalue weighted by molar-refractivity contribution is 7.89. The first kappa shape index (κ1) is 28.9. The van der Waals surface area contributed by atoms with Crippen LogP contribution in [0.1, 0.15) is 34.6 Å². The number of para-hydroxylation sites is 1. The largest absolute Gasteiger partial charge is 0.361 e. The number of nitrogens with one attached hydrogen (secondary N) is 2. The van der Waals surface area contributed by atoms with Gasteiger partial charge in [0.2, 0.25) is 21.1 Å². The Morgan fingerprint density at radius 3 is 2.73 bits per heavy atom. The van der Waals surface area contributed by atoms with Crippen LogP contribution in [0.2, 0.25) is 0 Å². The number of carbonyl (C=O) groups excluding carboxylic acids is 1. The molecule has 17 heteroatoms. The molecule has 0 aliphatic heterocycles. The lowest BCUT2D eigenvalue weighted by Crippen LogP contribution is -2.36. The van der Waals surface area contributed by atoms with Crippen molar-refractivity contribution in [1.82, 2.24) is 39.2 Å². The van der Waals surface area contributed by atoms with E-state index >= 15 is 0 Å². The number of nitrogens with two attached hydrogens (primary N) is 1. The van der Waals surface area contributed by atoms with Crippen molar-refractivity contribution in [2.45, 2.75) is 42.2 Å². The van der Waals surface area contributed by atoms with E-state index in [0.29, 0.717) is 29.6 Å². The Morgan fingerprint density at radius 2 is 2.00 bits per heavy atom. The molecule has 4 heterocycles. The lowest BCUT2D eigenvalue weighted by atomic mass is 10.1. The molecule has 0 amide bonds. The van der Waals surface area contributed by atoms with Crippen molar-refractivity contribution >= 4 is 49.1 Å². The Bertz CT molecular complexity index is 2260. The number of alkyl halides is 2. The van der Waals surface area contributed by atoms with E-state index in [9.17, 15) is 27.3 Å². The van der Waals surface area contributed by atoms with E-state index in [1.165, 1.54) is 40.0 Å². The molecule has 0 bridgehead atoms. The lowest BCUT2D eigenvalue weighted by molar-refractivity contribution is 0.0879. The number of nitriles is 1. The van der Waals surface area contributed by atoms with Gasteiger partial charge in [0.15, 0.2) is 5.01 Å². The number of hydrogen-bond donors (Lipinski definition) is 3. The van der Waals surface area contributed by atoms with Gasteiger partial charge < -0.3 is 10.7 Å². The molecule has 0 radical (unpaired) electrons. The van der Waals surface area contributed by atoms with Gasteiger partial charge in [-0.3, -0.25) is 9.36 Å². The van der Waals surface area contributed by atoms with Gasteiger partial charge >= 0.3 is 0 Å². The summed E-state index contributed by atoms with van der Waals surface area (Å²) in [6.45, 7) is 0. The SMILES string of the molecule is N#CC1(NS(=O)(=O)c2ccc3c(-c4cn(C(=O)[C@@H](N)Cc5c[nH]c6ccccc56)cn4)nn(-c4nnc(C(F)F)s4)c3c2)CC1. The molecule has 45 heavy (non-hydrogen) atoms. The molecule has 1 saturated carbocycles. The molecule has 0 unspecified atom stereocenters. The van der Waals surface area contributed by atoms with E-state index < -0.39 is 38.9 Å². The predicted molar refractivity (Wildman–Crippen MR) is 159 cm³/mol. The molecule has 4 aromatic heterocycles. The van der Waals surface area contributed by atoms with E-state index in [1.54, 1.807) is 0 Å². The predicted octanol–water partition coefficient (Wildman–Crippen LogP) is 3.70. The zero-order chi connectivity index (χ0) is 31.5. The summed E-state index contributed by atoms with van der Waals surface area (Å²) in [5.41, 5.74) is 7.67.